The van der Waals surface area contributed by atoms with Gasteiger partial charge in [-0.2, -0.15) is 0 Å². The molecule has 6 rings (SSSR count). The third-order valence-corrected chi connectivity index (χ3v) is 9.87. The van der Waals surface area contributed by atoms with E-state index in [1.165, 1.54) is 53.0 Å². The molecule has 2 aromatic rings. The van der Waals surface area contributed by atoms with E-state index in [0.717, 1.165) is 13.0 Å². The minimum absolute atomic E-state index is 0.0889. The number of carbonyl (C=O) groups is 3. The highest BCUT2D eigenvalue weighted by Gasteiger charge is 2.49. The molecular formula is C34H44N4O6. The van der Waals surface area contributed by atoms with E-state index in [4.69, 9.17) is 14.2 Å². The first-order valence-electron chi connectivity index (χ1n) is 16.0. The highest BCUT2D eigenvalue weighted by molar-refractivity contribution is 6.18. The second-order valence-electron chi connectivity index (χ2n) is 12.3. The summed E-state index contributed by atoms with van der Waals surface area (Å²) < 4.78 is 16.5. The second kappa shape index (κ2) is 13.2. The van der Waals surface area contributed by atoms with E-state index in [1.807, 2.05) is 23.1 Å². The minimum atomic E-state index is -0.626. The number of para-hydroxylation sites is 1. The van der Waals surface area contributed by atoms with Crippen LogP contribution in [0.15, 0.2) is 36.4 Å². The number of amides is 3. The summed E-state index contributed by atoms with van der Waals surface area (Å²) >= 11 is 0. The fourth-order valence-corrected chi connectivity index (χ4v) is 7.80. The van der Waals surface area contributed by atoms with Gasteiger partial charge in [0.15, 0.2) is 11.5 Å². The number of hydrogen-bond acceptors (Lipinski definition) is 7. The van der Waals surface area contributed by atoms with E-state index < -0.39 is 6.17 Å². The molecule has 4 aliphatic heterocycles. The molecule has 236 valence electrons. The van der Waals surface area contributed by atoms with Gasteiger partial charge in [-0.3, -0.25) is 19.3 Å². The van der Waals surface area contributed by atoms with Crippen molar-refractivity contribution in [2.75, 3.05) is 65.6 Å². The van der Waals surface area contributed by atoms with Gasteiger partial charge in [-0.25, -0.2) is 0 Å². The Kier molecular flexibility index (Phi) is 9.09. The lowest BCUT2D eigenvalue weighted by Gasteiger charge is -2.45. The van der Waals surface area contributed by atoms with Crippen molar-refractivity contribution in [3.05, 3.63) is 53.1 Å². The number of anilines is 1. The second-order valence-corrected chi connectivity index (χ2v) is 12.3. The Morgan fingerprint density at radius 3 is 2.57 bits per heavy atom. The summed E-state index contributed by atoms with van der Waals surface area (Å²) in [6.45, 7) is 4.48. The number of ether oxygens (including phenoxy) is 3. The molecule has 0 bridgehead atoms. The zero-order valence-electron chi connectivity index (χ0n) is 26.1. The Bertz CT molecular complexity index is 1400. The van der Waals surface area contributed by atoms with Gasteiger partial charge in [0.2, 0.25) is 5.91 Å². The van der Waals surface area contributed by atoms with Gasteiger partial charge in [0.1, 0.15) is 6.17 Å². The lowest BCUT2D eigenvalue weighted by molar-refractivity contribution is -0.133. The third-order valence-electron chi connectivity index (χ3n) is 9.87. The van der Waals surface area contributed by atoms with E-state index in [0.29, 0.717) is 78.4 Å². The van der Waals surface area contributed by atoms with Crippen molar-refractivity contribution in [2.24, 2.45) is 5.92 Å². The summed E-state index contributed by atoms with van der Waals surface area (Å²) in [7, 11) is 4.72. The minimum Gasteiger partial charge on any atom is -0.493 e. The largest absolute Gasteiger partial charge is 0.493 e. The number of nitrogens with zero attached hydrogens (tertiary/aromatic N) is 4. The SMILES string of the molecule is COCCN(C[C@@H]1CCCN2CCCC[C@H]12)C(=O)CCCN1C(=O)c2ccccc2N2C(=O)c3c(ccc(OC)c3OC)[C@@H]12. The average Bonchev–Trinajstić information content (AvgIpc) is 3.36. The normalized spacial score (nSPS) is 22.7. The molecular weight excluding hydrogens is 560 g/mol. The summed E-state index contributed by atoms with van der Waals surface area (Å²) in [5.41, 5.74) is 2.14. The monoisotopic (exact) mass is 604 g/mol. The van der Waals surface area contributed by atoms with Crippen LogP contribution in [0.5, 0.6) is 11.5 Å². The lowest BCUT2D eigenvalue weighted by atomic mass is 9.83. The van der Waals surface area contributed by atoms with Gasteiger partial charge in [0.05, 0.1) is 37.6 Å². The predicted octanol–water partition coefficient (Wildman–Crippen LogP) is 4.34. The van der Waals surface area contributed by atoms with Crippen molar-refractivity contribution in [2.45, 2.75) is 57.2 Å². The zero-order chi connectivity index (χ0) is 30.8. The Hall–Kier alpha value is -3.63. The van der Waals surface area contributed by atoms with Crippen LogP contribution in [-0.2, 0) is 9.53 Å². The van der Waals surface area contributed by atoms with Crippen LogP contribution in [0.2, 0.25) is 0 Å². The molecule has 0 N–H and O–H groups in total. The van der Waals surface area contributed by atoms with Gasteiger partial charge in [-0.05, 0) is 69.3 Å². The van der Waals surface area contributed by atoms with Crippen molar-refractivity contribution in [3.63, 3.8) is 0 Å². The van der Waals surface area contributed by atoms with Gasteiger partial charge in [-0.1, -0.05) is 24.6 Å². The van der Waals surface area contributed by atoms with E-state index in [1.54, 1.807) is 35.1 Å². The van der Waals surface area contributed by atoms with Crippen molar-refractivity contribution >= 4 is 23.4 Å². The van der Waals surface area contributed by atoms with Crippen LogP contribution >= 0.6 is 0 Å². The van der Waals surface area contributed by atoms with Crippen LogP contribution in [0.1, 0.15) is 77.4 Å². The fraction of sp³-hybridized carbons (Fsp3) is 0.559. The van der Waals surface area contributed by atoms with E-state index in [-0.39, 0.29) is 17.7 Å². The zero-order valence-corrected chi connectivity index (χ0v) is 26.1. The van der Waals surface area contributed by atoms with Crippen molar-refractivity contribution < 1.29 is 28.6 Å². The number of hydrogen-bond donors (Lipinski definition) is 0. The molecule has 2 saturated heterocycles. The Morgan fingerprint density at radius 2 is 1.77 bits per heavy atom. The molecule has 10 heteroatoms. The highest BCUT2D eigenvalue weighted by Crippen LogP contribution is 2.49. The fourth-order valence-electron chi connectivity index (χ4n) is 7.80. The van der Waals surface area contributed by atoms with Crippen LogP contribution in [-0.4, -0.2) is 99.1 Å². The van der Waals surface area contributed by atoms with Crippen molar-refractivity contribution in [1.82, 2.24) is 14.7 Å². The summed E-state index contributed by atoms with van der Waals surface area (Å²) in [6.07, 6.45) is 6.25. The molecule has 0 radical (unpaired) electrons. The Morgan fingerprint density at radius 1 is 0.955 bits per heavy atom. The van der Waals surface area contributed by atoms with E-state index >= 15 is 0 Å². The van der Waals surface area contributed by atoms with E-state index in [9.17, 15) is 14.4 Å². The maximum atomic E-state index is 13.9. The molecule has 2 aromatic carbocycles. The number of methoxy groups -OCH3 is 3. The molecule has 10 nitrogen and oxygen atoms in total. The van der Waals surface area contributed by atoms with Gasteiger partial charge in [0.25, 0.3) is 11.8 Å². The van der Waals surface area contributed by atoms with Gasteiger partial charge < -0.3 is 28.9 Å². The van der Waals surface area contributed by atoms with Crippen LogP contribution < -0.4 is 14.4 Å². The number of piperidine rings is 2. The van der Waals surface area contributed by atoms with Crippen LogP contribution in [0.4, 0.5) is 5.69 Å². The quantitative estimate of drug-likeness (QED) is 0.377. The average molecular weight is 605 g/mol. The number of fused-ring (bicyclic) bond motifs is 6. The maximum absolute atomic E-state index is 13.9. The first-order chi connectivity index (χ1) is 21.5. The molecule has 4 aliphatic rings. The first kappa shape index (κ1) is 30.4. The standard InChI is InChI=1S/C34H44N4O6/c1-42-21-20-36(22-23-10-8-18-35-17-7-6-12-26(23)35)29(39)14-9-19-37-32-25-15-16-28(43-2)31(44-3)30(25)34(41)38(32)27-13-5-4-11-24(27)33(37)40/h4-5,11,13,15-16,23,26,32H,6-10,12,14,17-22H2,1-3H3/t23-,26+,32-/m0/s1. The predicted molar refractivity (Wildman–Crippen MR) is 166 cm³/mol. The third kappa shape index (κ3) is 5.43. The van der Waals surface area contributed by atoms with Crippen LogP contribution in [0.25, 0.3) is 0 Å². The Labute approximate surface area is 259 Å². The van der Waals surface area contributed by atoms with Gasteiger partial charge in [-0.15, -0.1) is 0 Å². The summed E-state index contributed by atoms with van der Waals surface area (Å²) in [6, 6.07) is 11.4. The molecule has 0 aromatic heterocycles. The summed E-state index contributed by atoms with van der Waals surface area (Å²) in [5.74, 6) is 0.994. The topological polar surface area (TPSA) is 91.9 Å². The molecule has 0 aliphatic carbocycles. The van der Waals surface area contributed by atoms with E-state index in [2.05, 4.69) is 4.90 Å². The summed E-state index contributed by atoms with van der Waals surface area (Å²) in [5, 5.41) is 0. The smallest absolute Gasteiger partial charge is 0.264 e. The molecule has 44 heavy (non-hydrogen) atoms. The van der Waals surface area contributed by atoms with Gasteiger partial charge >= 0.3 is 0 Å². The molecule has 0 spiro atoms. The molecule has 3 atom stereocenters. The molecule has 0 saturated carbocycles. The maximum Gasteiger partial charge on any atom is 0.264 e. The molecule has 3 amide bonds. The Balaban J connectivity index is 1.21. The lowest BCUT2D eigenvalue weighted by Crippen LogP contribution is -2.52. The molecule has 4 heterocycles. The van der Waals surface area contributed by atoms with Crippen molar-refractivity contribution in [1.29, 1.82) is 0 Å². The highest BCUT2D eigenvalue weighted by atomic mass is 16.5. The van der Waals surface area contributed by atoms with Crippen LogP contribution in [0, 0.1) is 5.92 Å². The number of rotatable bonds is 11. The van der Waals surface area contributed by atoms with Crippen LogP contribution in [0.3, 0.4) is 0 Å². The number of carbonyl (C=O) groups excluding carboxylic acids is 3. The molecule has 0 unspecified atom stereocenters. The van der Waals surface area contributed by atoms with Gasteiger partial charge in [0, 0.05) is 44.8 Å². The first-order valence-corrected chi connectivity index (χ1v) is 16.0. The molecule has 2 fully saturated rings. The number of benzene rings is 2. The van der Waals surface area contributed by atoms with Crippen molar-refractivity contribution in [3.8, 4) is 11.5 Å². The summed E-state index contributed by atoms with van der Waals surface area (Å²) in [4.78, 5) is 49.6.